The number of benzene rings is 1. The van der Waals surface area contributed by atoms with Crippen LogP contribution in [-0.2, 0) is 0 Å². The zero-order chi connectivity index (χ0) is 6.53. The molecule has 0 saturated carbocycles. The molecule has 1 rings (SSSR count). The van der Waals surface area contributed by atoms with E-state index in [0.29, 0.717) is 0 Å². The smallest absolute Gasteiger partial charge is 1.00 e. The molecule has 0 fully saturated rings. The van der Waals surface area contributed by atoms with E-state index in [4.69, 9.17) is 0 Å². The zero-order valence-corrected chi connectivity index (χ0v) is 9.33. The third-order valence-electron chi connectivity index (χ3n) is 1.11. The van der Waals surface area contributed by atoms with Crippen LogP contribution in [0.2, 0.25) is 0 Å². The van der Waals surface area contributed by atoms with Gasteiger partial charge in [0.25, 0.3) is 0 Å². The van der Waals surface area contributed by atoms with Gasteiger partial charge in [0, 0.05) is 0 Å². The first-order valence-electron chi connectivity index (χ1n) is 2.94. The number of allylic oxidation sites excluding steroid dienone is 1. The van der Waals surface area contributed by atoms with Crippen molar-refractivity contribution < 1.29 is 17.0 Å². The van der Waals surface area contributed by atoms with Gasteiger partial charge in [-0.1, -0.05) is 30.3 Å². The fourth-order valence-electron chi connectivity index (χ4n) is 0.700. The van der Waals surface area contributed by atoms with Gasteiger partial charge in [0.2, 0.25) is 0 Å². The van der Waals surface area contributed by atoms with E-state index < -0.39 is 0 Å². The Balaban J connectivity index is 0. The van der Waals surface area contributed by atoms with Gasteiger partial charge in [-0.05, 0) is 0 Å². The van der Waals surface area contributed by atoms with Gasteiger partial charge in [-0.2, -0.15) is 0 Å². The molecule has 0 nitrogen and oxygen atoms in total. The molecule has 0 heterocycles. The molecule has 0 spiro atoms. The molecule has 0 aliphatic rings. The Kier molecular flexibility index (Phi) is 10.1. The minimum atomic E-state index is 0. The summed E-state index contributed by atoms with van der Waals surface area (Å²) in [4.78, 5) is 0. The fourth-order valence-corrected chi connectivity index (χ4v) is 0.700. The monoisotopic (exact) mass is 220 g/mol. The van der Waals surface area contributed by atoms with E-state index in [1.54, 1.807) is 6.08 Å². The summed E-state index contributed by atoms with van der Waals surface area (Å²) in [6, 6.07) is 10.1. The van der Waals surface area contributed by atoms with Crippen LogP contribution in [0.15, 0.2) is 36.4 Å². The number of hydrogen-bond donors (Lipinski definition) is 0. The second-order valence-corrected chi connectivity index (χ2v) is 1.81. The topological polar surface area (TPSA) is 0 Å². The third kappa shape index (κ3) is 5.36. The van der Waals surface area contributed by atoms with Gasteiger partial charge < -0.3 is 17.0 Å². The molecule has 0 unspecified atom stereocenters. The molecule has 2 heteroatoms. The first-order valence-corrected chi connectivity index (χ1v) is 2.94. The van der Waals surface area contributed by atoms with Crippen LogP contribution in [-0.4, -0.2) is 23.1 Å². The van der Waals surface area contributed by atoms with Crippen molar-refractivity contribution in [2.45, 2.75) is 0 Å². The Labute approximate surface area is 94.6 Å². The number of rotatable bonds is 1. The standard InChI is InChI=1S/C9H9.BrH.Mg/c1-2-6-9-7-4-3-5-8-9;;/h2-8H,1H2;1H;/q-1;;+2/p-1/b6-2+;;. The quantitative estimate of drug-likeness (QED) is 0.428. The first kappa shape index (κ1) is 13.7. The zero-order valence-electron chi connectivity index (χ0n) is 6.33. The molecule has 0 saturated heterocycles. The molecule has 54 valence electrons. The second kappa shape index (κ2) is 8.18. The Morgan fingerprint density at radius 1 is 1.09 bits per heavy atom. The maximum absolute atomic E-state index is 3.60. The molecule has 0 aromatic heterocycles. The van der Waals surface area contributed by atoms with E-state index in [1.165, 1.54) is 5.56 Å². The first-order chi connectivity index (χ1) is 4.43. The molecule has 0 N–H and O–H groups in total. The Hall–Kier alpha value is 0.0762. The fraction of sp³-hybridized carbons (Fsp3) is 0. The summed E-state index contributed by atoms with van der Waals surface area (Å²) >= 11 is 0. The van der Waals surface area contributed by atoms with E-state index in [-0.39, 0.29) is 40.0 Å². The van der Waals surface area contributed by atoms with Crippen molar-refractivity contribution in [3.8, 4) is 0 Å². The predicted octanol–water partition coefficient (Wildman–Crippen LogP) is -0.843. The van der Waals surface area contributed by atoms with Crippen molar-refractivity contribution in [3.63, 3.8) is 0 Å². The van der Waals surface area contributed by atoms with Crippen LogP contribution in [0.1, 0.15) is 5.56 Å². The average Bonchev–Trinajstić information content (AvgIpc) is 1.91. The van der Waals surface area contributed by atoms with Gasteiger partial charge in [0.05, 0.1) is 0 Å². The predicted molar refractivity (Wildman–Crippen MR) is 46.6 cm³/mol. The minimum Gasteiger partial charge on any atom is -1.00 e. The molecular formula is C9H9BrMg. The van der Waals surface area contributed by atoms with Crippen molar-refractivity contribution in [3.05, 3.63) is 48.9 Å². The van der Waals surface area contributed by atoms with E-state index >= 15 is 0 Å². The largest absolute Gasteiger partial charge is 2.00 e. The molecule has 0 aliphatic heterocycles. The maximum atomic E-state index is 3.60. The Morgan fingerprint density at radius 3 is 2.09 bits per heavy atom. The van der Waals surface area contributed by atoms with Crippen molar-refractivity contribution in [1.29, 1.82) is 0 Å². The van der Waals surface area contributed by atoms with Crippen LogP contribution in [0.25, 0.3) is 6.08 Å². The Morgan fingerprint density at radius 2 is 1.64 bits per heavy atom. The summed E-state index contributed by atoms with van der Waals surface area (Å²) in [5.41, 5.74) is 1.20. The van der Waals surface area contributed by atoms with Gasteiger partial charge in [-0.3, -0.25) is 0 Å². The summed E-state index contributed by atoms with van der Waals surface area (Å²) in [5.74, 6) is 0. The molecule has 1 aromatic rings. The molecule has 11 heavy (non-hydrogen) atoms. The summed E-state index contributed by atoms with van der Waals surface area (Å²) < 4.78 is 0. The van der Waals surface area contributed by atoms with Crippen LogP contribution in [0.4, 0.5) is 0 Å². The number of halogens is 1. The van der Waals surface area contributed by atoms with Crippen molar-refractivity contribution in [2.24, 2.45) is 0 Å². The van der Waals surface area contributed by atoms with Crippen LogP contribution in [0, 0.1) is 6.92 Å². The molecule has 0 amide bonds. The van der Waals surface area contributed by atoms with E-state index in [1.807, 2.05) is 36.4 Å². The molecule has 0 bridgehead atoms. The van der Waals surface area contributed by atoms with Crippen LogP contribution in [0.5, 0.6) is 0 Å². The van der Waals surface area contributed by atoms with Gasteiger partial charge >= 0.3 is 23.1 Å². The molecule has 0 atom stereocenters. The van der Waals surface area contributed by atoms with Crippen LogP contribution < -0.4 is 17.0 Å². The van der Waals surface area contributed by atoms with Gasteiger partial charge in [0.15, 0.2) is 0 Å². The van der Waals surface area contributed by atoms with E-state index in [0.717, 1.165) is 0 Å². The van der Waals surface area contributed by atoms with Gasteiger partial charge in [0.1, 0.15) is 0 Å². The van der Waals surface area contributed by atoms with Crippen molar-refractivity contribution in [2.75, 3.05) is 0 Å². The summed E-state index contributed by atoms with van der Waals surface area (Å²) in [5, 5.41) is 0. The van der Waals surface area contributed by atoms with Gasteiger partial charge in [-0.15, -0.1) is 5.56 Å². The molecule has 0 aliphatic carbocycles. The van der Waals surface area contributed by atoms with Gasteiger partial charge in [-0.25, -0.2) is 19.1 Å². The SMILES string of the molecule is [Br-].[CH2-]/C=C/c1ccccc1.[Mg+2]. The molecule has 0 radical (unpaired) electrons. The van der Waals surface area contributed by atoms with Crippen molar-refractivity contribution in [1.82, 2.24) is 0 Å². The normalized spacial score (nSPS) is 8.36. The average molecular weight is 221 g/mol. The maximum Gasteiger partial charge on any atom is 2.00 e. The van der Waals surface area contributed by atoms with Crippen molar-refractivity contribution >= 4 is 29.1 Å². The molecule has 1 aromatic carbocycles. The third-order valence-corrected chi connectivity index (χ3v) is 1.11. The summed E-state index contributed by atoms with van der Waals surface area (Å²) in [6.45, 7) is 3.60. The Bertz CT molecular complexity index is 194. The molecular weight excluding hydrogens is 212 g/mol. The van der Waals surface area contributed by atoms with Crippen LogP contribution in [0.3, 0.4) is 0 Å². The minimum absolute atomic E-state index is 0. The number of hydrogen-bond acceptors (Lipinski definition) is 0. The second-order valence-electron chi connectivity index (χ2n) is 1.81. The summed E-state index contributed by atoms with van der Waals surface area (Å²) in [7, 11) is 0. The van der Waals surface area contributed by atoms with E-state index in [9.17, 15) is 0 Å². The summed E-state index contributed by atoms with van der Waals surface area (Å²) in [6.07, 6.45) is 3.76. The van der Waals surface area contributed by atoms with E-state index in [2.05, 4.69) is 6.92 Å². The van der Waals surface area contributed by atoms with Crippen LogP contribution >= 0.6 is 0 Å².